The number of halogens is 3. The van der Waals surface area contributed by atoms with Crippen molar-refractivity contribution in [2.75, 3.05) is 0 Å². The second-order valence-electron chi connectivity index (χ2n) is 4.00. The Kier molecular flexibility index (Phi) is 6.87. The highest BCUT2D eigenvalue weighted by atomic mass is 79.9. The van der Waals surface area contributed by atoms with Gasteiger partial charge in [0.05, 0.1) is 0 Å². The molecule has 0 saturated heterocycles. The van der Waals surface area contributed by atoms with E-state index in [1.807, 2.05) is 6.07 Å². The zero-order chi connectivity index (χ0) is 16.1. The van der Waals surface area contributed by atoms with E-state index in [2.05, 4.69) is 124 Å². The van der Waals surface area contributed by atoms with Gasteiger partial charge in [-0.15, -0.1) is 75.8 Å². The van der Waals surface area contributed by atoms with E-state index in [9.17, 15) is 0 Å². The van der Waals surface area contributed by atoms with Crippen molar-refractivity contribution in [3.8, 4) is 11.1 Å². The quantitative estimate of drug-likeness (QED) is 0.147. The molecule has 0 bridgehead atoms. The second-order valence-corrected chi connectivity index (χ2v) is 9.10. The van der Waals surface area contributed by atoms with E-state index in [0.29, 0.717) is 24.5 Å². The highest BCUT2D eigenvalue weighted by molar-refractivity contribution is 9.14. The molecule has 0 heterocycles. The number of hydrogen-bond donors (Lipinski definition) is 6. The number of benzene rings is 2. The standard InChI is InChI=1S/C12H7Br3S6/c13-5-2(1-3(16)6(14)7(5)15)4-8(17)10(19)12(21)11(20)9(4)18/h1,16-21H. The van der Waals surface area contributed by atoms with Gasteiger partial charge in [-0.1, -0.05) is 0 Å². The van der Waals surface area contributed by atoms with Crippen molar-refractivity contribution in [1.29, 1.82) is 0 Å². The maximum Gasteiger partial charge on any atom is 0.0477 e. The zero-order valence-corrected chi connectivity index (χ0v) is 20.0. The molecular weight excluding hydrogens is 576 g/mol. The summed E-state index contributed by atoms with van der Waals surface area (Å²) >= 11 is 37.5. The van der Waals surface area contributed by atoms with Crippen molar-refractivity contribution in [1.82, 2.24) is 0 Å². The van der Waals surface area contributed by atoms with Crippen LogP contribution in [-0.2, 0) is 0 Å². The Hall–Kier alpha value is 1.98. The molecule has 0 unspecified atom stereocenters. The van der Waals surface area contributed by atoms with E-state index in [0.717, 1.165) is 29.4 Å². The van der Waals surface area contributed by atoms with Crippen LogP contribution in [0.4, 0.5) is 0 Å². The van der Waals surface area contributed by atoms with Gasteiger partial charge in [0, 0.05) is 53.9 Å². The van der Waals surface area contributed by atoms with Gasteiger partial charge < -0.3 is 0 Å². The predicted molar refractivity (Wildman–Crippen MR) is 118 cm³/mol. The van der Waals surface area contributed by atoms with Crippen molar-refractivity contribution in [2.24, 2.45) is 0 Å². The number of thiol groups is 6. The van der Waals surface area contributed by atoms with Crippen LogP contribution >= 0.6 is 124 Å². The van der Waals surface area contributed by atoms with Crippen molar-refractivity contribution >= 4 is 124 Å². The van der Waals surface area contributed by atoms with Gasteiger partial charge in [-0.2, -0.15) is 0 Å². The molecule has 0 atom stereocenters. The summed E-state index contributed by atoms with van der Waals surface area (Å²) in [7, 11) is 0. The molecule has 0 amide bonds. The summed E-state index contributed by atoms with van der Waals surface area (Å²) in [6.45, 7) is 0. The smallest absolute Gasteiger partial charge is 0.0477 e. The van der Waals surface area contributed by atoms with Crippen molar-refractivity contribution < 1.29 is 0 Å². The van der Waals surface area contributed by atoms with Crippen LogP contribution in [0.15, 0.2) is 48.9 Å². The van der Waals surface area contributed by atoms with E-state index < -0.39 is 0 Å². The monoisotopic (exact) mass is 580 g/mol. The summed E-state index contributed by atoms with van der Waals surface area (Å²) in [5.74, 6) is 0. The third kappa shape index (κ3) is 3.51. The molecule has 0 aliphatic carbocycles. The highest BCUT2D eigenvalue weighted by Gasteiger charge is 2.21. The third-order valence-corrected chi connectivity index (χ3v) is 9.87. The van der Waals surface area contributed by atoms with Gasteiger partial charge in [-0.3, -0.25) is 0 Å². The molecule has 0 aliphatic rings. The molecule has 0 aliphatic heterocycles. The van der Waals surface area contributed by atoms with E-state index in [1.54, 1.807) is 0 Å². The summed E-state index contributed by atoms with van der Waals surface area (Å²) in [6, 6.07) is 1.93. The SMILES string of the molecule is Sc1cc(-c2c(S)c(S)c(S)c(S)c2S)c(Br)c(Br)c1Br. The molecule has 0 saturated carbocycles. The largest absolute Gasteiger partial charge is 0.142 e. The molecule has 112 valence electrons. The minimum atomic E-state index is 0.652. The van der Waals surface area contributed by atoms with E-state index in [1.165, 1.54) is 0 Å². The molecular formula is C12H7Br3S6. The molecule has 0 nitrogen and oxygen atoms in total. The van der Waals surface area contributed by atoms with Gasteiger partial charge in [0.15, 0.2) is 0 Å². The molecule has 2 aromatic carbocycles. The third-order valence-electron chi connectivity index (χ3n) is 2.77. The van der Waals surface area contributed by atoms with Crippen molar-refractivity contribution in [2.45, 2.75) is 29.4 Å². The normalized spacial score (nSPS) is 11.1. The van der Waals surface area contributed by atoms with Crippen LogP contribution in [-0.4, -0.2) is 0 Å². The first kappa shape index (κ1) is 19.3. The Labute approximate surface area is 181 Å². The zero-order valence-electron chi connectivity index (χ0n) is 9.89. The summed E-state index contributed by atoms with van der Waals surface area (Å²) in [4.78, 5) is 4.13. The second kappa shape index (κ2) is 7.47. The minimum absolute atomic E-state index is 0.652. The van der Waals surface area contributed by atoms with Crippen LogP contribution in [0.5, 0.6) is 0 Å². The predicted octanol–water partition coefficient (Wildman–Crippen LogP) is 7.37. The number of rotatable bonds is 1. The van der Waals surface area contributed by atoms with Gasteiger partial charge >= 0.3 is 0 Å². The summed E-state index contributed by atoms with van der Waals surface area (Å²) in [6.07, 6.45) is 0. The summed E-state index contributed by atoms with van der Waals surface area (Å²) < 4.78 is 2.60. The fourth-order valence-corrected chi connectivity index (χ4v) is 5.34. The molecule has 0 spiro atoms. The van der Waals surface area contributed by atoms with Crippen molar-refractivity contribution in [3.63, 3.8) is 0 Å². The summed E-state index contributed by atoms with van der Waals surface area (Å²) in [5, 5.41) is 0. The Bertz CT molecular complexity index is 731. The van der Waals surface area contributed by atoms with Crippen LogP contribution in [0, 0.1) is 0 Å². The molecule has 21 heavy (non-hydrogen) atoms. The van der Waals surface area contributed by atoms with Crippen LogP contribution in [0.3, 0.4) is 0 Å². The highest BCUT2D eigenvalue weighted by Crippen LogP contribution is 2.49. The lowest BCUT2D eigenvalue weighted by Gasteiger charge is -2.18. The lowest BCUT2D eigenvalue weighted by molar-refractivity contribution is 0.985. The van der Waals surface area contributed by atoms with Gasteiger partial charge in [-0.25, -0.2) is 0 Å². The fourth-order valence-electron chi connectivity index (χ4n) is 1.71. The Morgan fingerprint density at radius 1 is 0.571 bits per heavy atom. The lowest BCUT2D eigenvalue weighted by atomic mass is 10.1. The fraction of sp³-hybridized carbons (Fsp3) is 0. The molecule has 2 rings (SSSR count). The van der Waals surface area contributed by atoms with Gasteiger partial charge in [0.1, 0.15) is 0 Å². The van der Waals surface area contributed by atoms with Gasteiger partial charge in [-0.05, 0) is 53.9 Å². The summed E-state index contributed by atoms with van der Waals surface area (Å²) in [5.41, 5.74) is 1.72. The van der Waals surface area contributed by atoms with Crippen LogP contribution in [0.2, 0.25) is 0 Å². The molecule has 0 aromatic heterocycles. The first-order valence-corrected chi connectivity index (χ1v) is 10.3. The van der Waals surface area contributed by atoms with Gasteiger partial charge in [0.25, 0.3) is 0 Å². The molecule has 0 radical (unpaired) electrons. The molecule has 0 fully saturated rings. The topological polar surface area (TPSA) is 0 Å². The van der Waals surface area contributed by atoms with Crippen molar-refractivity contribution in [3.05, 3.63) is 19.5 Å². The lowest BCUT2D eigenvalue weighted by Crippen LogP contribution is -1.92. The average Bonchev–Trinajstić information content (AvgIpc) is 2.46. The first-order valence-electron chi connectivity index (χ1n) is 5.24. The Morgan fingerprint density at radius 3 is 1.48 bits per heavy atom. The Morgan fingerprint density at radius 2 is 1.00 bits per heavy atom. The number of hydrogen-bond acceptors (Lipinski definition) is 6. The Balaban J connectivity index is 2.93. The molecule has 2 aromatic rings. The average molecular weight is 583 g/mol. The first-order chi connectivity index (χ1) is 9.68. The van der Waals surface area contributed by atoms with Crippen LogP contribution in [0.25, 0.3) is 11.1 Å². The van der Waals surface area contributed by atoms with E-state index >= 15 is 0 Å². The minimum Gasteiger partial charge on any atom is -0.142 e. The van der Waals surface area contributed by atoms with E-state index in [4.69, 9.17) is 0 Å². The van der Waals surface area contributed by atoms with Gasteiger partial charge in [0.2, 0.25) is 0 Å². The maximum atomic E-state index is 4.57. The van der Waals surface area contributed by atoms with Crippen LogP contribution < -0.4 is 0 Å². The maximum absolute atomic E-state index is 4.57. The molecule has 0 N–H and O–H groups in total. The van der Waals surface area contributed by atoms with Crippen LogP contribution in [0.1, 0.15) is 0 Å². The van der Waals surface area contributed by atoms with E-state index in [-0.39, 0.29) is 0 Å². The molecule has 9 heteroatoms.